The van der Waals surface area contributed by atoms with E-state index in [0.717, 1.165) is 22.5 Å². The Morgan fingerprint density at radius 1 is 1.22 bits per heavy atom. The Bertz CT molecular complexity index is 896. The third-order valence-electron chi connectivity index (χ3n) is 3.72. The minimum atomic E-state index is -0.412. The van der Waals surface area contributed by atoms with Gasteiger partial charge in [0.15, 0.2) is 0 Å². The molecule has 3 rings (SSSR count). The molecule has 0 bridgehead atoms. The fourth-order valence-corrected chi connectivity index (χ4v) is 3.24. The average molecular weight is 386 g/mol. The van der Waals surface area contributed by atoms with Crippen molar-refractivity contribution in [3.63, 3.8) is 0 Å². The number of thiazole rings is 1. The zero-order valence-corrected chi connectivity index (χ0v) is 15.7. The van der Waals surface area contributed by atoms with Crippen molar-refractivity contribution in [1.82, 2.24) is 9.97 Å². The summed E-state index contributed by atoms with van der Waals surface area (Å²) in [6.07, 6.45) is 3.23. The molecular formula is C20H19FN2O3S. The molecule has 7 heteroatoms. The van der Waals surface area contributed by atoms with E-state index in [0.29, 0.717) is 24.3 Å². The Balaban J connectivity index is 1.49. The Hall–Kier alpha value is -2.80. The molecule has 0 amide bonds. The van der Waals surface area contributed by atoms with Crippen LogP contribution < -0.4 is 4.74 Å². The maximum Gasteiger partial charge on any atom is 0.306 e. The Labute approximate surface area is 160 Å². The van der Waals surface area contributed by atoms with Crippen LogP contribution in [0, 0.1) is 5.82 Å². The highest BCUT2D eigenvalue weighted by Crippen LogP contribution is 2.26. The summed E-state index contributed by atoms with van der Waals surface area (Å²) >= 11 is 1.49. The van der Waals surface area contributed by atoms with Crippen LogP contribution in [0.25, 0.3) is 10.6 Å². The molecule has 0 saturated heterocycles. The largest absolute Gasteiger partial charge is 0.494 e. The first-order valence-electron chi connectivity index (χ1n) is 8.56. The lowest BCUT2D eigenvalue weighted by Gasteiger charge is -2.04. The monoisotopic (exact) mass is 386 g/mol. The second-order valence-electron chi connectivity index (χ2n) is 5.77. The van der Waals surface area contributed by atoms with Crippen LogP contribution in [0.5, 0.6) is 5.75 Å². The third kappa shape index (κ3) is 5.59. The zero-order chi connectivity index (χ0) is 19.1. The fraction of sp³-hybridized carbons (Fsp3) is 0.250. The molecular weight excluding hydrogens is 367 g/mol. The number of nitrogens with zero attached hydrogens (tertiary/aromatic N) is 2. The first-order valence-corrected chi connectivity index (χ1v) is 9.44. The van der Waals surface area contributed by atoms with Crippen molar-refractivity contribution in [2.45, 2.75) is 26.4 Å². The van der Waals surface area contributed by atoms with Gasteiger partial charge >= 0.3 is 5.97 Å². The summed E-state index contributed by atoms with van der Waals surface area (Å²) in [5.74, 6) is 0.0560. The second kappa shape index (κ2) is 9.23. The van der Waals surface area contributed by atoms with Crippen molar-refractivity contribution in [3.05, 3.63) is 65.2 Å². The van der Waals surface area contributed by atoms with Crippen molar-refractivity contribution < 1.29 is 18.7 Å². The lowest BCUT2D eigenvalue weighted by atomic mass is 10.1. The number of benzene rings is 1. The molecule has 1 aromatic carbocycles. The molecule has 140 valence electrons. The molecule has 0 aliphatic heterocycles. The number of rotatable bonds is 8. The number of halogens is 1. The van der Waals surface area contributed by atoms with Crippen molar-refractivity contribution in [3.8, 4) is 16.3 Å². The van der Waals surface area contributed by atoms with E-state index >= 15 is 0 Å². The number of aromatic nitrogens is 2. The normalized spacial score (nSPS) is 10.6. The van der Waals surface area contributed by atoms with Gasteiger partial charge in [0.25, 0.3) is 0 Å². The molecule has 0 radical (unpaired) electrons. The molecule has 0 atom stereocenters. The molecule has 0 N–H and O–H groups in total. The first kappa shape index (κ1) is 19.0. The van der Waals surface area contributed by atoms with Gasteiger partial charge in [-0.25, -0.2) is 9.37 Å². The minimum Gasteiger partial charge on any atom is -0.494 e. The van der Waals surface area contributed by atoms with Crippen LogP contribution in [0.4, 0.5) is 4.39 Å². The van der Waals surface area contributed by atoms with E-state index in [1.54, 1.807) is 6.20 Å². The van der Waals surface area contributed by atoms with Gasteiger partial charge in [0, 0.05) is 23.6 Å². The lowest BCUT2D eigenvalue weighted by Crippen LogP contribution is -2.06. The average Bonchev–Trinajstić information content (AvgIpc) is 3.15. The summed E-state index contributed by atoms with van der Waals surface area (Å²) in [6.45, 7) is 2.69. The van der Waals surface area contributed by atoms with Crippen LogP contribution in [0.15, 0.2) is 48.1 Å². The number of carbonyl (C=O) groups excluding carboxylic acids is 1. The van der Waals surface area contributed by atoms with Gasteiger partial charge in [-0.2, -0.15) is 0 Å². The summed E-state index contributed by atoms with van der Waals surface area (Å²) in [7, 11) is 0. The number of ether oxygens (including phenoxy) is 2. The van der Waals surface area contributed by atoms with Gasteiger partial charge in [-0.3, -0.25) is 9.78 Å². The number of aryl methyl sites for hydroxylation is 1. The highest BCUT2D eigenvalue weighted by Gasteiger charge is 2.09. The van der Waals surface area contributed by atoms with Gasteiger partial charge in [-0.15, -0.1) is 11.3 Å². The van der Waals surface area contributed by atoms with Crippen LogP contribution in [0.1, 0.15) is 24.6 Å². The van der Waals surface area contributed by atoms with Crippen LogP contribution in [-0.4, -0.2) is 22.5 Å². The van der Waals surface area contributed by atoms with Crippen LogP contribution in [0.2, 0.25) is 0 Å². The summed E-state index contributed by atoms with van der Waals surface area (Å²) in [6, 6.07) is 9.07. The summed E-state index contributed by atoms with van der Waals surface area (Å²) in [4.78, 5) is 20.1. The van der Waals surface area contributed by atoms with Crippen LogP contribution >= 0.6 is 11.3 Å². The molecule has 5 nitrogen and oxygen atoms in total. The van der Waals surface area contributed by atoms with Crippen molar-refractivity contribution in [2.24, 2.45) is 0 Å². The summed E-state index contributed by atoms with van der Waals surface area (Å²) in [5, 5.41) is 2.73. The van der Waals surface area contributed by atoms with Crippen LogP contribution in [-0.2, 0) is 22.6 Å². The molecule has 0 unspecified atom stereocenters. The van der Waals surface area contributed by atoms with Gasteiger partial charge in [0.2, 0.25) is 0 Å². The smallest absolute Gasteiger partial charge is 0.306 e. The Morgan fingerprint density at radius 2 is 2.04 bits per heavy atom. The molecule has 2 aromatic heterocycles. The van der Waals surface area contributed by atoms with E-state index < -0.39 is 5.82 Å². The van der Waals surface area contributed by atoms with Gasteiger partial charge in [-0.05, 0) is 49.2 Å². The molecule has 0 saturated carbocycles. The van der Waals surface area contributed by atoms with E-state index in [1.165, 1.54) is 17.4 Å². The van der Waals surface area contributed by atoms with E-state index in [1.807, 2.05) is 36.6 Å². The Kier molecular flexibility index (Phi) is 6.49. The molecule has 0 spiro atoms. The van der Waals surface area contributed by atoms with Gasteiger partial charge in [-0.1, -0.05) is 0 Å². The zero-order valence-electron chi connectivity index (χ0n) is 14.9. The maximum absolute atomic E-state index is 13.1. The highest BCUT2D eigenvalue weighted by molar-refractivity contribution is 7.13. The van der Waals surface area contributed by atoms with Crippen LogP contribution in [0.3, 0.4) is 0 Å². The van der Waals surface area contributed by atoms with E-state index in [9.17, 15) is 9.18 Å². The lowest BCUT2D eigenvalue weighted by molar-refractivity contribution is -0.145. The van der Waals surface area contributed by atoms with E-state index in [2.05, 4.69) is 9.97 Å². The van der Waals surface area contributed by atoms with E-state index in [-0.39, 0.29) is 19.0 Å². The molecule has 0 aliphatic rings. The SMILES string of the molecule is CCOc1ccc(-c2nc(COC(=O)CCc3cncc(F)c3)cs2)cc1. The fourth-order valence-electron chi connectivity index (χ4n) is 2.43. The van der Waals surface area contributed by atoms with Crippen molar-refractivity contribution >= 4 is 17.3 Å². The van der Waals surface area contributed by atoms with Gasteiger partial charge in [0.05, 0.1) is 18.5 Å². The number of hydrogen-bond donors (Lipinski definition) is 0. The summed E-state index contributed by atoms with van der Waals surface area (Å²) in [5.41, 5.74) is 2.35. The molecule has 3 aromatic rings. The minimum absolute atomic E-state index is 0.119. The topological polar surface area (TPSA) is 61.3 Å². The Morgan fingerprint density at radius 3 is 2.78 bits per heavy atom. The second-order valence-corrected chi connectivity index (χ2v) is 6.63. The number of pyridine rings is 1. The van der Waals surface area contributed by atoms with Crippen molar-refractivity contribution in [1.29, 1.82) is 0 Å². The van der Waals surface area contributed by atoms with Crippen molar-refractivity contribution in [2.75, 3.05) is 6.61 Å². The predicted molar refractivity (Wildman–Crippen MR) is 101 cm³/mol. The predicted octanol–water partition coefficient (Wildman–Crippen LogP) is 4.42. The molecule has 0 fully saturated rings. The first-order chi connectivity index (χ1) is 13.1. The molecule has 0 aliphatic carbocycles. The van der Waals surface area contributed by atoms with Gasteiger partial charge in [0.1, 0.15) is 23.2 Å². The number of hydrogen-bond acceptors (Lipinski definition) is 6. The summed E-state index contributed by atoms with van der Waals surface area (Å²) < 4.78 is 23.8. The highest BCUT2D eigenvalue weighted by atomic mass is 32.1. The molecule has 2 heterocycles. The molecule has 27 heavy (non-hydrogen) atoms. The van der Waals surface area contributed by atoms with E-state index in [4.69, 9.17) is 9.47 Å². The maximum atomic E-state index is 13.1. The number of carbonyl (C=O) groups is 1. The third-order valence-corrected chi connectivity index (χ3v) is 4.66. The van der Waals surface area contributed by atoms with Gasteiger partial charge < -0.3 is 9.47 Å². The standard InChI is InChI=1S/C20H19FN2O3S/c1-2-25-18-6-4-15(5-7-18)20-23-17(13-27-20)12-26-19(24)8-3-14-9-16(21)11-22-10-14/h4-7,9-11,13H,2-3,8,12H2,1H3. The number of esters is 1. The quantitative estimate of drug-likeness (QED) is 0.536.